The van der Waals surface area contributed by atoms with Crippen LogP contribution in [0.3, 0.4) is 0 Å². The van der Waals surface area contributed by atoms with Crippen LogP contribution in [0.1, 0.15) is 60.7 Å². The molecule has 1 aliphatic heterocycles. The van der Waals surface area contributed by atoms with Gasteiger partial charge in [0, 0.05) is 25.9 Å². The third-order valence-electron chi connectivity index (χ3n) is 7.34. The number of carbonyl (C=O) groups excluding carboxylic acids is 3. The SMILES string of the molecule is CCC(COC(=O)c1cc(I)cc(I)c1O)(COC(=O)c1cc(I)cc(I)c1O)C(=O)OC(C)(C)C1CC[NH2+]CC1. The first-order valence-electron chi connectivity index (χ1n) is 13.0. The van der Waals surface area contributed by atoms with E-state index in [0.717, 1.165) is 33.1 Å². The highest BCUT2D eigenvalue weighted by Crippen LogP contribution is 2.35. The Morgan fingerprint density at radius 3 is 1.71 bits per heavy atom. The van der Waals surface area contributed by atoms with Gasteiger partial charge in [-0.3, -0.25) is 4.79 Å². The van der Waals surface area contributed by atoms with Crippen LogP contribution in [0.15, 0.2) is 24.3 Å². The Labute approximate surface area is 293 Å². The van der Waals surface area contributed by atoms with E-state index in [0.29, 0.717) is 7.14 Å². The molecule has 1 saturated heterocycles. The van der Waals surface area contributed by atoms with E-state index in [9.17, 15) is 24.6 Å². The van der Waals surface area contributed by atoms with E-state index < -0.39 is 42.1 Å². The average molecular weight is 1020 g/mol. The van der Waals surface area contributed by atoms with Gasteiger partial charge < -0.3 is 29.7 Å². The lowest BCUT2D eigenvalue weighted by atomic mass is 9.82. The number of rotatable bonds is 10. The number of hydrogen-bond acceptors (Lipinski definition) is 8. The fraction of sp³-hybridized carbons (Fsp3) is 0.464. The number of quaternary nitrogens is 1. The van der Waals surface area contributed by atoms with Gasteiger partial charge in [0.2, 0.25) is 0 Å². The van der Waals surface area contributed by atoms with Gasteiger partial charge in [0.15, 0.2) is 0 Å². The van der Waals surface area contributed by atoms with Crippen molar-refractivity contribution < 1.29 is 44.1 Å². The maximum absolute atomic E-state index is 13.9. The van der Waals surface area contributed by atoms with Crippen LogP contribution in [-0.4, -0.2) is 60.0 Å². The third kappa shape index (κ3) is 8.71. The lowest BCUT2D eigenvalue weighted by Gasteiger charge is -2.39. The fourth-order valence-corrected chi connectivity index (χ4v) is 8.26. The number of benzene rings is 2. The molecule has 224 valence electrons. The monoisotopic (exact) mass is 1020 g/mol. The number of piperidine rings is 1. The first kappa shape index (κ1) is 34.8. The Morgan fingerprint density at radius 2 is 1.29 bits per heavy atom. The van der Waals surface area contributed by atoms with E-state index in [-0.39, 0.29) is 35.0 Å². The van der Waals surface area contributed by atoms with Crippen LogP contribution in [0.4, 0.5) is 0 Å². The molecule has 0 spiro atoms. The second-order valence-electron chi connectivity index (χ2n) is 10.5. The topological polar surface area (TPSA) is 136 Å². The van der Waals surface area contributed by atoms with Crippen LogP contribution in [-0.2, 0) is 19.0 Å². The maximum atomic E-state index is 13.9. The van der Waals surface area contributed by atoms with Gasteiger partial charge in [0.05, 0.1) is 20.2 Å². The predicted molar refractivity (Wildman–Crippen MR) is 185 cm³/mol. The normalized spacial score (nSPS) is 14.4. The van der Waals surface area contributed by atoms with E-state index in [1.165, 1.54) is 12.1 Å². The predicted octanol–water partition coefficient (Wildman–Crippen LogP) is 5.22. The van der Waals surface area contributed by atoms with Gasteiger partial charge in [-0.15, -0.1) is 0 Å². The average Bonchev–Trinajstić information content (AvgIpc) is 2.92. The van der Waals surface area contributed by atoms with Gasteiger partial charge in [-0.2, -0.15) is 0 Å². The summed E-state index contributed by atoms with van der Waals surface area (Å²) in [5.41, 5.74) is -2.39. The molecule has 4 N–H and O–H groups in total. The second-order valence-corrected chi connectivity index (χ2v) is 15.3. The summed E-state index contributed by atoms with van der Waals surface area (Å²) in [5, 5.41) is 23.1. The summed E-state index contributed by atoms with van der Waals surface area (Å²) in [4.78, 5) is 40.0. The molecule has 2 aromatic carbocycles. The smallest absolute Gasteiger partial charge is 0.342 e. The summed E-state index contributed by atoms with van der Waals surface area (Å²) in [6, 6.07) is 6.42. The van der Waals surface area contributed by atoms with Crippen molar-refractivity contribution in [2.24, 2.45) is 11.3 Å². The van der Waals surface area contributed by atoms with Crippen LogP contribution in [0.2, 0.25) is 0 Å². The van der Waals surface area contributed by atoms with Crippen molar-refractivity contribution in [1.29, 1.82) is 0 Å². The zero-order chi connectivity index (χ0) is 30.5. The number of hydrogen-bond donors (Lipinski definition) is 3. The maximum Gasteiger partial charge on any atom is 0.342 e. The molecule has 1 fully saturated rings. The number of phenolic OH excluding ortho intramolecular Hbond substituents is 2. The number of nitrogens with two attached hydrogens (primary N) is 1. The molecule has 0 bridgehead atoms. The molecule has 2 aromatic rings. The molecule has 0 atom stereocenters. The van der Waals surface area contributed by atoms with Crippen molar-refractivity contribution in [2.45, 2.75) is 45.6 Å². The quantitative estimate of drug-likeness (QED) is 0.168. The number of phenols is 2. The minimum Gasteiger partial charge on any atom is -0.506 e. The van der Waals surface area contributed by atoms with Crippen molar-refractivity contribution >= 4 is 108 Å². The van der Waals surface area contributed by atoms with Crippen LogP contribution in [0.25, 0.3) is 0 Å². The van der Waals surface area contributed by atoms with E-state index in [4.69, 9.17) is 14.2 Å². The standard InChI is InChI=1S/C28H31I4NO8/c1-4-28(26(38)41-27(2,3)15-5-7-33-8-6-15,13-39-24(36)18-9-16(29)11-20(31)22(18)34)14-40-25(37)19-10-17(30)12-21(32)23(19)35/h9-12,15,33-35H,4-8,13-14H2,1-3H3/p+1. The Bertz CT molecular complexity index is 1240. The van der Waals surface area contributed by atoms with Gasteiger partial charge in [0.1, 0.15) is 46.9 Å². The molecule has 0 aromatic heterocycles. The van der Waals surface area contributed by atoms with Crippen molar-refractivity contribution in [2.75, 3.05) is 26.3 Å². The summed E-state index contributed by atoms with van der Waals surface area (Å²) < 4.78 is 19.7. The molecular weight excluding hydrogens is 986 g/mol. The highest BCUT2D eigenvalue weighted by molar-refractivity contribution is 14.1. The van der Waals surface area contributed by atoms with E-state index in [1.54, 1.807) is 19.1 Å². The van der Waals surface area contributed by atoms with Crippen LogP contribution in [0.5, 0.6) is 11.5 Å². The first-order chi connectivity index (χ1) is 19.2. The molecular formula is C28H32I4NO8+. The fourth-order valence-electron chi connectivity index (χ4n) is 4.57. The van der Waals surface area contributed by atoms with E-state index >= 15 is 0 Å². The minimum atomic E-state index is -1.53. The largest absolute Gasteiger partial charge is 0.506 e. The summed E-state index contributed by atoms with van der Waals surface area (Å²) in [5.74, 6) is -2.57. The molecule has 41 heavy (non-hydrogen) atoms. The molecule has 0 amide bonds. The lowest BCUT2D eigenvalue weighted by molar-refractivity contribution is -0.665. The van der Waals surface area contributed by atoms with Gasteiger partial charge in [-0.05, 0) is 135 Å². The first-order valence-corrected chi connectivity index (χ1v) is 17.3. The molecule has 1 heterocycles. The Balaban J connectivity index is 1.89. The van der Waals surface area contributed by atoms with E-state index in [1.807, 2.05) is 104 Å². The second kappa shape index (κ2) is 14.9. The minimum absolute atomic E-state index is 0.0335. The summed E-state index contributed by atoms with van der Waals surface area (Å²) in [6.45, 7) is 6.46. The summed E-state index contributed by atoms with van der Waals surface area (Å²) >= 11 is 7.91. The Morgan fingerprint density at radius 1 is 0.854 bits per heavy atom. The zero-order valence-electron chi connectivity index (χ0n) is 22.8. The Hall–Kier alpha value is -0.670. The molecule has 0 radical (unpaired) electrons. The van der Waals surface area contributed by atoms with Crippen LogP contribution in [0, 0.1) is 25.6 Å². The molecule has 13 heteroatoms. The molecule has 0 aliphatic carbocycles. The van der Waals surface area contributed by atoms with Crippen molar-refractivity contribution in [1.82, 2.24) is 0 Å². The van der Waals surface area contributed by atoms with Crippen molar-refractivity contribution in [3.05, 3.63) is 49.7 Å². The van der Waals surface area contributed by atoms with Gasteiger partial charge in [-0.1, -0.05) is 6.92 Å². The highest BCUT2D eigenvalue weighted by Gasteiger charge is 2.46. The van der Waals surface area contributed by atoms with E-state index in [2.05, 4.69) is 5.32 Å². The number of aromatic hydroxyl groups is 2. The Kier molecular flexibility index (Phi) is 12.6. The van der Waals surface area contributed by atoms with Crippen molar-refractivity contribution in [3.8, 4) is 11.5 Å². The third-order valence-corrected chi connectivity index (χ3v) is 10.2. The van der Waals surface area contributed by atoms with Crippen LogP contribution >= 0.6 is 90.4 Å². The molecule has 0 saturated carbocycles. The number of carbonyl (C=O) groups is 3. The molecule has 3 rings (SSSR count). The number of esters is 3. The summed E-state index contributed by atoms with van der Waals surface area (Å²) in [6.07, 6.45) is 1.91. The van der Waals surface area contributed by atoms with Crippen LogP contribution < -0.4 is 5.32 Å². The van der Waals surface area contributed by atoms with Gasteiger partial charge in [-0.25, -0.2) is 9.59 Å². The molecule has 9 nitrogen and oxygen atoms in total. The highest BCUT2D eigenvalue weighted by atomic mass is 127. The molecule has 1 aliphatic rings. The van der Waals surface area contributed by atoms with Gasteiger partial charge >= 0.3 is 17.9 Å². The number of ether oxygens (including phenoxy) is 3. The zero-order valence-corrected chi connectivity index (χ0v) is 31.4. The number of halogens is 4. The van der Waals surface area contributed by atoms with Gasteiger partial charge in [0.25, 0.3) is 0 Å². The summed E-state index contributed by atoms with van der Waals surface area (Å²) in [7, 11) is 0. The van der Waals surface area contributed by atoms with Crippen molar-refractivity contribution in [3.63, 3.8) is 0 Å². The molecule has 0 unspecified atom stereocenters. The lowest BCUT2D eigenvalue weighted by Crippen LogP contribution is -2.86.